The van der Waals surface area contributed by atoms with Crippen LogP contribution in [0.1, 0.15) is 25.6 Å². The van der Waals surface area contributed by atoms with Gasteiger partial charge in [-0.3, -0.25) is 14.6 Å². The molecule has 5 nitrogen and oxygen atoms in total. The van der Waals surface area contributed by atoms with E-state index in [0.29, 0.717) is 17.1 Å². The highest BCUT2D eigenvalue weighted by Gasteiger charge is 2.11. The third kappa shape index (κ3) is 1.77. The van der Waals surface area contributed by atoms with Crippen LogP contribution in [0.2, 0.25) is 0 Å². The molecule has 2 rings (SSSR count). The summed E-state index contributed by atoms with van der Waals surface area (Å²) in [5, 5.41) is 13.3. The van der Waals surface area contributed by atoms with Gasteiger partial charge in [-0.05, 0) is 13.8 Å². The van der Waals surface area contributed by atoms with Crippen molar-refractivity contribution in [3.63, 3.8) is 0 Å². The van der Waals surface area contributed by atoms with E-state index in [1.807, 2.05) is 13.8 Å². The summed E-state index contributed by atoms with van der Waals surface area (Å²) in [6.45, 7) is 3.96. The smallest absolute Gasteiger partial charge is 0.139 e. The molecule has 2 aromatic rings. The van der Waals surface area contributed by atoms with Gasteiger partial charge in [0.2, 0.25) is 0 Å². The molecule has 0 spiro atoms. The van der Waals surface area contributed by atoms with Gasteiger partial charge in [0.1, 0.15) is 23.2 Å². The summed E-state index contributed by atoms with van der Waals surface area (Å²) in [5.74, 6) is 0. The van der Waals surface area contributed by atoms with Gasteiger partial charge < -0.3 is 0 Å². The van der Waals surface area contributed by atoms with Crippen molar-refractivity contribution in [2.45, 2.75) is 19.9 Å². The Hall–Kier alpha value is -2.22. The van der Waals surface area contributed by atoms with Crippen LogP contribution in [-0.2, 0) is 0 Å². The predicted octanol–water partition coefficient (Wildman–Crippen LogP) is 1.79. The number of nitrogens with zero attached hydrogens (tertiary/aromatic N) is 5. The zero-order chi connectivity index (χ0) is 11.5. The van der Waals surface area contributed by atoms with Gasteiger partial charge >= 0.3 is 0 Å². The molecule has 0 aliphatic rings. The van der Waals surface area contributed by atoms with E-state index in [2.05, 4.69) is 21.1 Å². The van der Waals surface area contributed by atoms with Crippen molar-refractivity contribution in [3.8, 4) is 17.5 Å². The molecular formula is C11H11N5. The van der Waals surface area contributed by atoms with Gasteiger partial charge in [0.25, 0.3) is 0 Å². The van der Waals surface area contributed by atoms with Gasteiger partial charge in [0, 0.05) is 24.5 Å². The standard InChI is InChI=1S/C11H11N5/c1-8(2)16-9(6-12)5-10(15-16)11-7-13-3-4-14-11/h3-5,7-8H,1-2H3. The summed E-state index contributed by atoms with van der Waals surface area (Å²) in [7, 11) is 0. The lowest BCUT2D eigenvalue weighted by molar-refractivity contribution is 0.528. The molecule has 0 aliphatic carbocycles. The third-order valence-electron chi connectivity index (χ3n) is 2.17. The van der Waals surface area contributed by atoms with Crippen molar-refractivity contribution >= 4 is 0 Å². The molecule has 0 amide bonds. The average molecular weight is 213 g/mol. The van der Waals surface area contributed by atoms with Crippen LogP contribution >= 0.6 is 0 Å². The van der Waals surface area contributed by atoms with Crippen LogP contribution in [-0.4, -0.2) is 19.7 Å². The van der Waals surface area contributed by atoms with Gasteiger partial charge in [-0.1, -0.05) is 0 Å². The van der Waals surface area contributed by atoms with Gasteiger partial charge in [0.15, 0.2) is 0 Å². The van der Waals surface area contributed by atoms with Crippen LogP contribution in [0.25, 0.3) is 11.4 Å². The number of nitriles is 1. The van der Waals surface area contributed by atoms with Gasteiger partial charge in [0.05, 0.1) is 6.20 Å². The summed E-state index contributed by atoms with van der Waals surface area (Å²) in [6, 6.07) is 4.00. The molecule has 2 heterocycles. The fraction of sp³-hybridized carbons (Fsp3) is 0.273. The highest BCUT2D eigenvalue weighted by molar-refractivity contribution is 5.54. The number of hydrogen-bond acceptors (Lipinski definition) is 4. The largest absolute Gasteiger partial charge is 0.261 e. The minimum atomic E-state index is 0.153. The van der Waals surface area contributed by atoms with Crippen LogP contribution in [0, 0.1) is 11.3 Å². The molecule has 2 aromatic heterocycles. The molecule has 0 aromatic carbocycles. The van der Waals surface area contributed by atoms with Crippen LogP contribution < -0.4 is 0 Å². The Bertz CT molecular complexity index is 521. The molecule has 0 unspecified atom stereocenters. The second kappa shape index (κ2) is 4.11. The maximum Gasteiger partial charge on any atom is 0.139 e. The van der Waals surface area contributed by atoms with E-state index in [1.165, 1.54) is 0 Å². The lowest BCUT2D eigenvalue weighted by atomic mass is 10.3. The highest BCUT2D eigenvalue weighted by atomic mass is 15.3. The normalized spacial score (nSPS) is 10.4. The van der Waals surface area contributed by atoms with Crippen LogP contribution in [0.15, 0.2) is 24.7 Å². The van der Waals surface area contributed by atoms with E-state index in [0.717, 1.165) is 0 Å². The SMILES string of the molecule is CC(C)n1nc(-c2cnccn2)cc1C#N. The number of aromatic nitrogens is 4. The second-order valence-electron chi connectivity index (χ2n) is 3.66. The quantitative estimate of drug-likeness (QED) is 0.762. The predicted molar refractivity (Wildman–Crippen MR) is 58.4 cm³/mol. The van der Waals surface area contributed by atoms with Crippen LogP contribution in [0.3, 0.4) is 0 Å². The monoisotopic (exact) mass is 213 g/mol. The Kier molecular flexibility index (Phi) is 2.64. The average Bonchev–Trinajstić information content (AvgIpc) is 2.74. The minimum absolute atomic E-state index is 0.153. The van der Waals surface area contributed by atoms with E-state index in [4.69, 9.17) is 5.26 Å². The van der Waals surface area contributed by atoms with E-state index in [9.17, 15) is 0 Å². The fourth-order valence-corrected chi connectivity index (χ4v) is 1.43. The van der Waals surface area contributed by atoms with Crippen molar-refractivity contribution in [2.75, 3.05) is 0 Å². The number of rotatable bonds is 2. The Morgan fingerprint density at radius 2 is 2.12 bits per heavy atom. The van der Waals surface area contributed by atoms with Gasteiger partial charge in [-0.25, -0.2) is 0 Å². The minimum Gasteiger partial charge on any atom is -0.261 e. The van der Waals surface area contributed by atoms with E-state index < -0.39 is 0 Å². The van der Waals surface area contributed by atoms with Gasteiger partial charge in [-0.2, -0.15) is 10.4 Å². The molecule has 0 saturated carbocycles. The first-order valence-electron chi connectivity index (χ1n) is 4.98. The molecule has 0 radical (unpaired) electrons. The first-order chi connectivity index (χ1) is 7.72. The van der Waals surface area contributed by atoms with Crippen LogP contribution in [0.4, 0.5) is 0 Å². The molecule has 0 fully saturated rings. The molecule has 5 heteroatoms. The topological polar surface area (TPSA) is 67.4 Å². The summed E-state index contributed by atoms with van der Waals surface area (Å²) in [4.78, 5) is 8.13. The maximum atomic E-state index is 8.98. The summed E-state index contributed by atoms with van der Waals surface area (Å²) in [6.07, 6.45) is 4.85. The molecule has 0 aliphatic heterocycles. The Balaban J connectivity index is 2.49. The molecule has 16 heavy (non-hydrogen) atoms. The summed E-state index contributed by atoms with van der Waals surface area (Å²) >= 11 is 0. The zero-order valence-electron chi connectivity index (χ0n) is 9.12. The zero-order valence-corrected chi connectivity index (χ0v) is 9.12. The molecule has 0 saturated heterocycles. The molecule has 0 atom stereocenters. The van der Waals surface area contributed by atoms with Crippen molar-refractivity contribution in [1.82, 2.24) is 19.7 Å². The molecule has 80 valence electrons. The van der Waals surface area contributed by atoms with E-state index in [1.54, 1.807) is 29.3 Å². The maximum absolute atomic E-state index is 8.98. The Labute approximate surface area is 93.4 Å². The third-order valence-corrected chi connectivity index (χ3v) is 2.17. The lowest BCUT2D eigenvalue weighted by Gasteiger charge is -2.05. The molecule has 0 bridgehead atoms. The lowest BCUT2D eigenvalue weighted by Crippen LogP contribution is -2.05. The van der Waals surface area contributed by atoms with Crippen LogP contribution in [0.5, 0.6) is 0 Å². The highest BCUT2D eigenvalue weighted by Crippen LogP contribution is 2.18. The van der Waals surface area contributed by atoms with E-state index >= 15 is 0 Å². The number of hydrogen-bond donors (Lipinski definition) is 0. The van der Waals surface area contributed by atoms with Crippen molar-refractivity contribution in [3.05, 3.63) is 30.4 Å². The Morgan fingerprint density at radius 3 is 2.62 bits per heavy atom. The van der Waals surface area contributed by atoms with Crippen molar-refractivity contribution < 1.29 is 0 Å². The van der Waals surface area contributed by atoms with Crippen molar-refractivity contribution in [1.29, 1.82) is 5.26 Å². The summed E-state index contributed by atoms with van der Waals surface area (Å²) in [5.41, 5.74) is 1.90. The first kappa shape index (κ1) is 10.3. The first-order valence-corrected chi connectivity index (χ1v) is 4.98. The summed E-state index contributed by atoms with van der Waals surface area (Å²) < 4.78 is 1.68. The van der Waals surface area contributed by atoms with Gasteiger partial charge in [-0.15, -0.1) is 0 Å². The second-order valence-corrected chi connectivity index (χ2v) is 3.66. The molecule has 0 N–H and O–H groups in total. The molecular weight excluding hydrogens is 202 g/mol. The fourth-order valence-electron chi connectivity index (χ4n) is 1.43. The van der Waals surface area contributed by atoms with Crippen molar-refractivity contribution in [2.24, 2.45) is 0 Å². The van der Waals surface area contributed by atoms with E-state index in [-0.39, 0.29) is 6.04 Å². The Morgan fingerprint density at radius 1 is 1.31 bits per heavy atom.